The summed E-state index contributed by atoms with van der Waals surface area (Å²) in [6.45, 7) is 4.62. The summed E-state index contributed by atoms with van der Waals surface area (Å²) in [5.41, 5.74) is 0.900. The number of furan rings is 1. The van der Waals surface area contributed by atoms with E-state index in [1.54, 1.807) is 24.3 Å². The fraction of sp³-hybridized carbons (Fsp3) is 0.450. The summed E-state index contributed by atoms with van der Waals surface area (Å²) in [5, 5.41) is 16.8. The Balaban J connectivity index is 1.60. The molecule has 0 spiro atoms. The van der Waals surface area contributed by atoms with Crippen LogP contribution in [0.1, 0.15) is 31.6 Å². The van der Waals surface area contributed by atoms with Gasteiger partial charge in [-0.15, -0.1) is 0 Å². The molecule has 27 heavy (non-hydrogen) atoms. The predicted octanol–water partition coefficient (Wildman–Crippen LogP) is 2.68. The van der Waals surface area contributed by atoms with Crippen molar-refractivity contribution in [3.8, 4) is 0 Å². The lowest BCUT2D eigenvalue weighted by Gasteiger charge is -2.35. The first-order valence-corrected chi connectivity index (χ1v) is 9.42. The summed E-state index contributed by atoms with van der Waals surface area (Å²) in [6, 6.07) is 10.4. The number of guanidine groups is 1. The minimum absolute atomic E-state index is 0.195. The van der Waals surface area contributed by atoms with E-state index in [0.717, 1.165) is 38.2 Å². The Labute approximate surface area is 159 Å². The second kappa shape index (κ2) is 9.41. The van der Waals surface area contributed by atoms with Crippen LogP contribution < -0.4 is 15.5 Å². The molecule has 3 N–H and O–H groups in total. The average molecular weight is 374 g/mol. The molecule has 1 aliphatic heterocycles. The van der Waals surface area contributed by atoms with Gasteiger partial charge in [0, 0.05) is 31.4 Å². The normalized spacial score (nSPS) is 19.0. The van der Waals surface area contributed by atoms with Crippen molar-refractivity contribution < 1.29 is 13.9 Å². The van der Waals surface area contributed by atoms with E-state index in [4.69, 9.17) is 4.42 Å². The molecule has 2 heterocycles. The number of nitrogens with zero attached hydrogens (tertiary/aromatic N) is 2. The molecule has 6 nitrogen and oxygen atoms in total. The Morgan fingerprint density at radius 2 is 2.30 bits per heavy atom. The quantitative estimate of drug-likeness (QED) is 0.536. The summed E-state index contributed by atoms with van der Waals surface area (Å²) in [6.07, 6.45) is 2.79. The second-order valence-electron chi connectivity index (χ2n) is 6.66. The lowest BCUT2D eigenvalue weighted by molar-refractivity contribution is 0.158. The molecule has 0 amide bonds. The number of hydrogen-bond donors (Lipinski definition) is 3. The maximum Gasteiger partial charge on any atom is 0.191 e. The molecule has 7 heteroatoms. The molecule has 1 aliphatic rings. The molecule has 3 rings (SSSR count). The lowest BCUT2D eigenvalue weighted by Crippen LogP contribution is -2.51. The Hall–Kier alpha value is -2.54. The fourth-order valence-corrected chi connectivity index (χ4v) is 3.26. The Morgan fingerprint density at radius 1 is 1.41 bits per heavy atom. The monoisotopic (exact) mass is 374 g/mol. The molecule has 1 aromatic heterocycles. The van der Waals surface area contributed by atoms with Crippen molar-refractivity contribution in [3.63, 3.8) is 0 Å². The van der Waals surface area contributed by atoms with Gasteiger partial charge in [0.1, 0.15) is 17.7 Å². The van der Waals surface area contributed by atoms with Crippen LogP contribution in [-0.2, 0) is 0 Å². The fourth-order valence-electron chi connectivity index (χ4n) is 3.26. The van der Waals surface area contributed by atoms with Gasteiger partial charge in [0.2, 0.25) is 0 Å². The van der Waals surface area contributed by atoms with E-state index in [1.807, 2.05) is 13.0 Å². The van der Waals surface area contributed by atoms with Crippen molar-refractivity contribution in [2.45, 2.75) is 31.9 Å². The van der Waals surface area contributed by atoms with E-state index in [0.29, 0.717) is 11.7 Å². The first kappa shape index (κ1) is 19.2. The number of halogens is 1. The zero-order chi connectivity index (χ0) is 19.1. The van der Waals surface area contributed by atoms with Crippen LogP contribution in [0, 0.1) is 5.82 Å². The second-order valence-corrected chi connectivity index (χ2v) is 6.66. The van der Waals surface area contributed by atoms with Gasteiger partial charge in [0.05, 0.1) is 12.8 Å². The Kier molecular flexibility index (Phi) is 6.70. The van der Waals surface area contributed by atoms with Crippen LogP contribution in [0.5, 0.6) is 0 Å². The number of aliphatic hydroxyl groups excluding tert-OH is 1. The summed E-state index contributed by atoms with van der Waals surface area (Å²) in [4.78, 5) is 6.67. The first-order valence-electron chi connectivity index (χ1n) is 9.42. The van der Waals surface area contributed by atoms with Gasteiger partial charge in [-0.25, -0.2) is 4.39 Å². The highest BCUT2D eigenvalue weighted by Gasteiger charge is 2.21. The van der Waals surface area contributed by atoms with Crippen LogP contribution in [0.3, 0.4) is 0 Å². The zero-order valence-corrected chi connectivity index (χ0v) is 15.6. The number of piperidine rings is 1. The molecule has 2 unspecified atom stereocenters. The summed E-state index contributed by atoms with van der Waals surface area (Å²) >= 11 is 0. The average Bonchev–Trinajstić information content (AvgIpc) is 3.21. The van der Waals surface area contributed by atoms with Gasteiger partial charge in [-0.3, -0.25) is 4.99 Å². The third-order valence-electron chi connectivity index (χ3n) is 4.57. The third-order valence-corrected chi connectivity index (χ3v) is 4.57. The first-order chi connectivity index (χ1) is 13.2. The van der Waals surface area contributed by atoms with E-state index in [1.165, 1.54) is 12.3 Å². The van der Waals surface area contributed by atoms with Crippen molar-refractivity contribution in [2.24, 2.45) is 4.99 Å². The number of benzene rings is 1. The highest BCUT2D eigenvalue weighted by Crippen LogP contribution is 2.21. The van der Waals surface area contributed by atoms with Crippen LogP contribution in [0.15, 0.2) is 52.1 Å². The molecule has 0 bridgehead atoms. The van der Waals surface area contributed by atoms with E-state index >= 15 is 0 Å². The van der Waals surface area contributed by atoms with Gasteiger partial charge in [0.15, 0.2) is 5.96 Å². The highest BCUT2D eigenvalue weighted by atomic mass is 19.1. The van der Waals surface area contributed by atoms with Crippen molar-refractivity contribution in [3.05, 3.63) is 54.2 Å². The van der Waals surface area contributed by atoms with Gasteiger partial charge >= 0.3 is 0 Å². The lowest BCUT2D eigenvalue weighted by atomic mass is 10.0. The summed E-state index contributed by atoms with van der Waals surface area (Å²) < 4.78 is 18.7. The number of anilines is 1. The molecular formula is C20H27FN4O2. The van der Waals surface area contributed by atoms with Crippen molar-refractivity contribution in [1.29, 1.82) is 0 Å². The Bertz CT molecular complexity index is 735. The molecule has 2 atom stereocenters. The molecule has 0 aliphatic carbocycles. The van der Waals surface area contributed by atoms with Crippen molar-refractivity contribution in [2.75, 3.05) is 31.1 Å². The summed E-state index contributed by atoms with van der Waals surface area (Å²) in [5.74, 6) is 0.947. The smallest absolute Gasteiger partial charge is 0.191 e. The van der Waals surface area contributed by atoms with E-state index in [2.05, 4.69) is 20.5 Å². The van der Waals surface area contributed by atoms with Crippen LogP contribution in [0.25, 0.3) is 0 Å². The minimum Gasteiger partial charge on any atom is -0.467 e. The van der Waals surface area contributed by atoms with E-state index < -0.39 is 6.10 Å². The predicted molar refractivity (Wildman–Crippen MR) is 104 cm³/mol. The minimum atomic E-state index is -0.773. The standard InChI is InChI=1S/C20H27FN4O2/c1-2-22-20(23-13-18(26)19-9-5-11-27-19)24-16-7-4-10-25(14-16)17-8-3-6-15(21)12-17/h3,5-6,8-9,11-12,16,18,26H,2,4,7,10,13-14H2,1H3,(H2,22,23,24). The van der Waals surface area contributed by atoms with Crippen LogP contribution >= 0.6 is 0 Å². The number of aliphatic hydroxyl groups is 1. The van der Waals surface area contributed by atoms with E-state index in [9.17, 15) is 9.50 Å². The molecule has 1 fully saturated rings. The molecular weight excluding hydrogens is 347 g/mol. The van der Waals surface area contributed by atoms with Crippen LogP contribution in [0.2, 0.25) is 0 Å². The maximum atomic E-state index is 13.5. The van der Waals surface area contributed by atoms with Crippen LogP contribution in [-0.4, -0.2) is 43.3 Å². The number of rotatable bonds is 6. The molecule has 146 valence electrons. The Morgan fingerprint density at radius 3 is 3.04 bits per heavy atom. The number of aliphatic imine (C=N–C) groups is 1. The van der Waals surface area contributed by atoms with Gasteiger partial charge in [-0.05, 0) is 50.1 Å². The third kappa shape index (κ3) is 5.47. The SMILES string of the molecule is CCNC(=NCC(O)c1ccco1)NC1CCCN(c2cccc(F)c2)C1. The molecule has 1 saturated heterocycles. The molecule has 1 aromatic carbocycles. The van der Waals surface area contributed by atoms with Gasteiger partial charge < -0.3 is 25.1 Å². The van der Waals surface area contributed by atoms with Gasteiger partial charge in [-0.2, -0.15) is 0 Å². The zero-order valence-electron chi connectivity index (χ0n) is 15.6. The van der Waals surface area contributed by atoms with Crippen molar-refractivity contribution >= 4 is 11.6 Å². The molecule has 0 radical (unpaired) electrons. The highest BCUT2D eigenvalue weighted by molar-refractivity contribution is 5.80. The molecule has 2 aromatic rings. The van der Waals surface area contributed by atoms with Gasteiger partial charge in [-0.1, -0.05) is 6.07 Å². The largest absolute Gasteiger partial charge is 0.467 e. The summed E-state index contributed by atoms with van der Waals surface area (Å²) in [7, 11) is 0. The number of hydrogen-bond acceptors (Lipinski definition) is 4. The van der Waals surface area contributed by atoms with Crippen LogP contribution in [0.4, 0.5) is 10.1 Å². The van der Waals surface area contributed by atoms with Crippen molar-refractivity contribution in [1.82, 2.24) is 10.6 Å². The number of nitrogens with one attached hydrogen (secondary N) is 2. The van der Waals surface area contributed by atoms with Gasteiger partial charge in [0.25, 0.3) is 0 Å². The topological polar surface area (TPSA) is 73.0 Å². The maximum absolute atomic E-state index is 13.5. The van der Waals surface area contributed by atoms with E-state index in [-0.39, 0.29) is 18.4 Å². The molecule has 0 saturated carbocycles.